The van der Waals surface area contributed by atoms with E-state index in [2.05, 4.69) is 44.5 Å². The molecular weight excluding hydrogens is 296 g/mol. The molecule has 1 N–H and O–H groups in total. The van der Waals surface area contributed by atoms with Crippen molar-refractivity contribution >= 4 is 22.4 Å². The molecule has 2 aromatic heterocycles. The van der Waals surface area contributed by atoms with E-state index in [1.54, 1.807) is 0 Å². The molecule has 4 rings (SSSR count). The quantitative estimate of drug-likeness (QED) is 0.734. The molecule has 22 heavy (non-hydrogen) atoms. The minimum atomic E-state index is 0.496. The molecule has 0 aliphatic carbocycles. The van der Waals surface area contributed by atoms with Crippen molar-refractivity contribution in [2.75, 3.05) is 13.1 Å². The first-order valence-electron chi connectivity index (χ1n) is 7.61. The molecule has 4 nitrogen and oxygen atoms in total. The summed E-state index contributed by atoms with van der Waals surface area (Å²) in [5.74, 6) is 0. The van der Waals surface area contributed by atoms with E-state index in [1.807, 2.05) is 18.5 Å². The molecule has 1 saturated heterocycles. The van der Waals surface area contributed by atoms with Crippen LogP contribution in [-0.2, 0) is 0 Å². The van der Waals surface area contributed by atoms with E-state index in [0.29, 0.717) is 11.2 Å². The Morgan fingerprint density at radius 1 is 1.18 bits per heavy atom. The summed E-state index contributed by atoms with van der Waals surface area (Å²) < 4.78 is 2.11. The van der Waals surface area contributed by atoms with Gasteiger partial charge in [0, 0.05) is 23.3 Å². The van der Waals surface area contributed by atoms with Gasteiger partial charge in [-0.15, -0.1) is 0 Å². The van der Waals surface area contributed by atoms with E-state index >= 15 is 0 Å². The number of hydrogen-bond donors (Lipinski definition) is 1. The zero-order valence-electron chi connectivity index (χ0n) is 12.2. The molecule has 0 spiro atoms. The summed E-state index contributed by atoms with van der Waals surface area (Å²) in [5.41, 5.74) is 2.29. The maximum absolute atomic E-state index is 6.07. The van der Waals surface area contributed by atoms with Gasteiger partial charge in [0.15, 0.2) is 0 Å². The fourth-order valence-electron chi connectivity index (χ4n) is 3.14. The third-order valence-corrected chi connectivity index (χ3v) is 4.53. The van der Waals surface area contributed by atoms with Crippen molar-refractivity contribution < 1.29 is 0 Å². The topological polar surface area (TPSA) is 42.7 Å². The maximum atomic E-state index is 6.07. The largest absolute Gasteiger partial charge is 0.317 e. The number of pyridine rings is 1. The Morgan fingerprint density at radius 3 is 2.91 bits per heavy atom. The van der Waals surface area contributed by atoms with Gasteiger partial charge in [0.2, 0.25) is 0 Å². The summed E-state index contributed by atoms with van der Waals surface area (Å²) in [6.45, 7) is 2.13. The molecule has 1 aliphatic rings. The summed E-state index contributed by atoms with van der Waals surface area (Å²) in [5, 5.41) is 10.7. The second kappa shape index (κ2) is 5.71. The number of nitrogens with one attached hydrogen (secondary N) is 1. The van der Waals surface area contributed by atoms with Crippen molar-refractivity contribution in [3.05, 3.63) is 48.0 Å². The Morgan fingerprint density at radius 2 is 2.05 bits per heavy atom. The average Bonchev–Trinajstić information content (AvgIpc) is 3.05. The molecule has 3 aromatic rings. The molecule has 1 aromatic carbocycles. The Labute approximate surface area is 134 Å². The van der Waals surface area contributed by atoms with Crippen molar-refractivity contribution in [3.8, 4) is 11.1 Å². The first kappa shape index (κ1) is 13.7. The fourth-order valence-corrected chi connectivity index (χ4v) is 3.30. The van der Waals surface area contributed by atoms with Crippen LogP contribution in [0.5, 0.6) is 0 Å². The van der Waals surface area contributed by atoms with Crippen LogP contribution in [-0.4, -0.2) is 27.9 Å². The lowest BCUT2D eigenvalue weighted by atomic mass is 10.0. The molecule has 1 fully saturated rings. The molecule has 0 atom stereocenters. The third kappa shape index (κ3) is 2.49. The molecular formula is C17H17ClN4. The number of aromatic nitrogens is 3. The van der Waals surface area contributed by atoms with Gasteiger partial charge in [-0.2, -0.15) is 5.10 Å². The number of hydrogen-bond acceptors (Lipinski definition) is 3. The minimum absolute atomic E-state index is 0.496. The number of fused-ring (bicyclic) bond motifs is 1. The number of halogens is 1. The van der Waals surface area contributed by atoms with Gasteiger partial charge in [-0.25, -0.2) is 4.98 Å². The van der Waals surface area contributed by atoms with Gasteiger partial charge in [-0.05, 0) is 42.9 Å². The van der Waals surface area contributed by atoms with Crippen LogP contribution in [0.15, 0.2) is 42.9 Å². The van der Waals surface area contributed by atoms with Crippen LogP contribution in [0, 0.1) is 0 Å². The Balaban J connectivity index is 1.76. The molecule has 112 valence electrons. The van der Waals surface area contributed by atoms with E-state index in [4.69, 9.17) is 11.6 Å². The summed E-state index contributed by atoms with van der Waals surface area (Å²) >= 11 is 6.07. The van der Waals surface area contributed by atoms with E-state index in [0.717, 1.165) is 47.8 Å². The fraction of sp³-hybridized carbons (Fsp3) is 0.294. The van der Waals surface area contributed by atoms with E-state index in [9.17, 15) is 0 Å². The second-order valence-corrected chi connectivity index (χ2v) is 6.11. The number of piperidine rings is 1. The minimum Gasteiger partial charge on any atom is -0.317 e. The van der Waals surface area contributed by atoms with Gasteiger partial charge in [0.05, 0.1) is 12.2 Å². The molecule has 1 aliphatic heterocycles. The van der Waals surface area contributed by atoms with Gasteiger partial charge in [-0.3, -0.25) is 4.68 Å². The molecule has 0 radical (unpaired) electrons. The Bertz CT molecular complexity index is 805. The van der Waals surface area contributed by atoms with Gasteiger partial charge in [0.1, 0.15) is 5.15 Å². The van der Waals surface area contributed by atoms with Gasteiger partial charge < -0.3 is 5.32 Å². The molecule has 3 heterocycles. The van der Waals surface area contributed by atoms with Crippen LogP contribution < -0.4 is 5.32 Å². The number of nitrogens with zero attached hydrogens (tertiary/aromatic N) is 3. The summed E-state index contributed by atoms with van der Waals surface area (Å²) in [6.07, 6.45) is 8.18. The molecule has 5 heteroatoms. The predicted octanol–water partition coefficient (Wildman–Crippen LogP) is 3.68. The lowest BCUT2D eigenvalue weighted by Gasteiger charge is -2.22. The number of benzene rings is 1. The molecule has 0 unspecified atom stereocenters. The van der Waals surface area contributed by atoms with E-state index in [1.165, 1.54) is 0 Å². The van der Waals surface area contributed by atoms with Gasteiger partial charge in [-0.1, -0.05) is 29.8 Å². The van der Waals surface area contributed by atoms with Crippen molar-refractivity contribution in [2.45, 2.75) is 18.9 Å². The predicted molar refractivity (Wildman–Crippen MR) is 89.1 cm³/mol. The lowest BCUT2D eigenvalue weighted by molar-refractivity contribution is 0.343. The maximum Gasteiger partial charge on any atom is 0.129 e. The molecule has 0 bridgehead atoms. The van der Waals surface area contributed by atoms with Crippen LogP contribution in [0.2, 0.25) is 5.15 Å². The van der Waals surface area contributed by atoms with E-state index in [-0.39, 0.29) is 0 Å². The van der Waals surface area contributed by atoms with Gasteiger partial charge >= 0.3 is 0 Å². The van der Waals surface area contributed by atoms with Crippen LogP contribution in [0.1, 0.15) is 18.9 Å². The summed E-state index contributed by atoms with van der Waals surface area (Å²) in [4.78, 5) is 4.16. The standard InChI is InChI=1S/C17H17ClN4/c18-17-8-16-12(9-20-17)2-1-3-15(16)13-10-21-22(11-13)14-4-6-19-7-5-14/h1-3,8-11,14,19H,4-7H2. The monoisotopic (exact) mass is 312 g/mol. The van der Waals surface area contributed by atoms with Crippen LogP contribution in [0.3, 0.4) is 0 Å². The van der Waals surface area contributed by atoms with Crippen molar-refractivity contribution in [1.82, 2.24) is 20.1 Å². The van der Waals surface area contributed by atoms with Crippen LogP contribution in [0.4, 0.5) is 0 Å². The second-order valence-electron chi connectivity index (χ2n) is 5.72. The van der Waals surface area contributed by atoms with E-state index < -0.39 is 0 Å². The SMILES string of the molecule is Clc1cc2c(-c3cnn(C4CCNCC4)c3)cccc2cn1. The average molecular weight is 313 g/mol. The first-order chi connectivity index (χ1) is 10.8. The highest BCUT2D eigenvalue weighted by Gasteiger charge is 2.16. The van der Waals surface area contributed by atoms with Crippen LogP contribution >= 0.6 is 11.6 Å². The lowest BCUT2D eigenvalue weighted by Crippen LogP contribution is -2.29. The zero-order chi connectivity index (χ0) is 14.9. The normalized spacial score (nSPS) is 16.2. The summed E-state index contributed by atoms with van der Waals surface area (Å²) in [6, 6.07) is 8.64. The highest BCUT2D eigenvalue weighted by molar-refractivity contribution is 6.30. The van der Waals surface area contributed by atoms with Crippen molar-refractivity contribution in [3.63, 3.8) is 0 Å². The highest BCUT2D eigenvalue weighted by atomic mass is 35.5. The highest BCUT2D eigenvalue weighted by Crippen LogP contribution is 2.30. The van der Waals surface area contributed by atoms with Gasteiger partial charge in [0.25, 0.3) is 0 Å². The smallest absolute Gasteiger partial charge is 0.129 e. The van der Waals surface area contributed by atoms with Crippen molar-refractivity contribution in [1.29, 1.82) is 0 Å². The summed E-state index contributed by atoms with van der Waals surface area (Å²) in [7, 11) is 0. The third-order valence-electron chi connectivity index (χ3n) is 4.33. The zero-order valence-corrected chi connectivity index (χ0v) is 12.9. The molecule has 0 amide bonds. The Hall–Kier alpha value is -1.91. The van der Waals surface area contributed by atoms with Crippen molar-refractivity contribution in [2.24, 2.45) is 0 Å². The molecule has 0 saturated carbocycles. The van der Waals surface area contributed by atoms with Crippen LogP contribution in [0.25, 0.3) is 21.9 Å². The Kier molecular flexibility index (Phi) is 3.56. The first-order valence-corrected chi connectivity index (χ1v) is 7.98. The number of rotatable bonds is 2.